The van der Waals surface area contributed by atoms with Gasteiger partial charge in [0.15, 0.2) is 0 Å². The Hall–Kier alpha value is -0.120. The summed E-state index contributed by atoms with van der Waals surface area (Å²) in [5.74, 6) is 0. The predicted octanol–water partition coefficient (Wildman–Crippen LogP) is 1.57. The number of hydrogen-bond donors (Lipinski definition) is 1. The van der Waals surface area contributed by atoms with E-state index < -0.39 is 0 Å². The first-order valence-corrected chi connectivity index (χ1v) is 6.17. The maximum Gasteiger partial charge on any atom is 0.0480 e. The van der Waals surface area contributed by atoms with Crippen LogP contribution in [0.1, 0.15) is 32.6 Å². The monoisotopic (exact) mass is 213 g/mol. The van der Waals surface area contributed by atoms with E-state index in [9.17, 15) is 0 Å². The fourth-order valence-corrected chi connectivity index (χ4v) is 2.33. The molecule has 0 aromatic heterocycles. The van der Waals surface area contributed by atoms with Crippen LogP contribution in [0.5, 0.6) is 0 Å². The van der Waals surface area contributed by atoms with Crippen LogP contribution in [-0.4, -0.2) is 39.0 Å². The van der Waals surface area contributed by atoms with Gasteiger partial charge >= 0.3 is 0 Å². The molecule has 15 heavy (non-hydrogen) atoms. The third kappa shape index (κ3) is 3.44. The minimum atomic E-state index is 0.455. The molecule has 0 amide bonds. The zero-order valence-electron chi connectivity index (χ0n) is 9.76. The topological polar surface area (TPSA) is 30.5 Å². The average molecular weight is 213 g/mol. The first kappa shape index (κ1) is 11.4. The van der Waals surface area contributed by atoms with Crippen molar-refractivity contribution < 1.29 is 9.47 Å². The van der Waals surface area contributed by atoms with Crippen molar-refractivity contribution in [2.75, 3.05) is 33.0 Å². The molecule has 0 radical (unpaired) electrons. The summed E-state index contributed by atoms with van der Waals surface area (Å²) in [6, 6.07) is 0.679. The molecule has 1 N–H and O–H groups in total. The number of ether oxygens (including phenoxy) is 2. The zero-order valence-corrected chi connectivity index (χ0v) is 9.76. The fraction of sp³-hybridized carbons (Fsp3) is 1.00. The third-order valence-corrected chi connectivity index (χ3v) is 3.74. The summed E-state index contributed by atoms with van der Waals surface area (Å²) >= 11 is 0. The fourth-order valence-electron chi connectivity index (χ4n) is 2.33. The minimum Gasteiger partial charge on any atom is -0.381 e. The van der Waals surface area contributed by atoms with Crippen molar-refractivity contribution in [1.82, 2.24) is 5.32 Å². The predicted molar refractivity (Wildman–Crippen MR) is 60.0 cm³/mol. The van der Waals surface area contributed by atoms with Crippen LogP contribution in [0.4, 0.5) is 0 Å². The van der Waals surface area contributed by atoms with Crippen LogP contribution in [0.2, 0.25) is 0 Å². The lowest BCUT2D eigenvalue weighted by molar-refractivity contribution is 0.0185. The quantitative estimate of drug-likeness (QED) is 0.772. The average Bonchev–Trinajstić information content (AvgIpc) is 2.29. The molecule has 0 atom stereocenters. The highest BCUT2D eigenvalue weighted by molar-refractivity contribution is 4.82. The van der Waals surface area contributed by atoms with Gasteiger partial charge in [-0.05, 0) is 31.1 Å². The van der Waals surface area contributed by atoms with Gasteiger partial charge in [-0.3, -0.25) is 0 Å². The van der Waals surface area contributed by atoms with Crippen LogP contribution >= 0.6 is 0 Å². The number of nitrogens with one attached hydrogen (secondary N) is 1. The maximum absolute atomic E-state index is 5.41. The summed E-state index contributed by atoms with van der Waals surface area (Å²) in [5, 5.41) is 3.70. The van der Waals surface area contributed by atoms with Gasteiger partial charge in [0.2, 0.25) is 0 Å². The van der Waals surface area contributed by atoms with Crippen molar-refractivity contribution in [3.05, 3.63) is 0 Å². The Morgan fingerprint density at radius 1 is 1.07 bits per heavy atom. The molecule has 0 unspecified atom stereocenters. The lowest BCUT2D eigenvalue weighted by Crippen LogP contribution is -2.43. The molecule has 0 aromatic carbocycles. The summed E-state index contributed by atoms with van der Waals surface area (Å²) in [6.45, 7) is 7.25. The second-order valence-electron chi connectivity index (χ2n) is 5.19. The molecule has 0 bridgehead atoms. The summed E-state index contributed by atoms with van der Waals surface area (Å²) in [4.78, 5) is 0. The van der Waals surface area contributed by atoms with E-state index in [-0.39, 0.29) is 0 Å². The van der Waals surface area contributed by atoms with Gasteiger partial charge < -0.3 is 14.8 Å². The first-order valence-electron chi connectivity index (χ1n) is 6.17. The molecule has 2 aliphatic rings. The van der Waals surface area contributed by atoms with Crippen molar-refractivity contribution in [1.29, 1.82) is 0 Å². The molecule has 0 aliphatic carbocycles. The van der Waals surface area contributed by atoms with Crippen LogP contribution < -0.4 is 5.32 Å². The Bertz CT molecular complexity index is 184. The van der Waals surface area contributed by atoms with Crippen molar-refractivity contribution in [2.45, 2.75) is 38.6 Å². The van der Waals surface area contributed by atoms with Crippen molar-refractivity contribution in [3.8, 4) is 0 Å². The Morgan fingerprint density at radius 2 is 1.67 bits per heavy atom. The van der Waals surface area contributed by atoms with Crippen LogP contribution in [0, 0.1) is 5.41 Å². The van der Waals surface area contributed by atoms with E-state index in [0.717, 1.165) is 33.0 Å². The summed E-state index contributed by atoms with van der Waals surface area (Å²) in [7, 11) is 0. The molecule has 2 rings (SSSR count). The van der Waals surface area contributed by atoms with Gasteiger partial charge in [0.1, 0.15) is 0 Å². The molecule has 2 saturated heterocycles. The molecule has 0 spiro atoms. The highest BCUT2D eigenvalue weighted by Gasteiger charge is 2.28. The van der Waals surface area contributed by atoms with Gasteiger partial charge in [-0.25, -0.2) is 0 Å². The third-order valence-electron chi connectivity index (χ3n) is 3.74. The van der Waals surface area contributed by atoms with Crippen LogP contribution in [0.3, 0.4) is 0 Å². The molecule has 2 aliphatic heterocycles. The molecule has 3 nitrogen and oxygen atoms in total. The Balaban J connectivity index is 1.70. The molecule has 0 saturated carbocycles. The molecule has 3 heteroatoms. The maximum atomic E-state index is 5.41. The van der Waals surface area contributed by atoms with Crippen molar-refractivity contribution in [2.24, 2.45) is 5.41 Å². The second kappa shape index (κ2) is 5.28. The van der Waals surface area contributed by atoms with Crippen LogP contribution in [0.15, 0.2) is 0 Å². The van der Waals surface area contributed by atoms with E-state index in [1.54, 1.807) is 0 Å². The molecular formula is C12H23NO2. The Morgan fingerprint density at radius 3 is 2.33 bits per heavy atom. The van der Waals surface area contributed by atoms with Gasteiger partial charge in [0, 0.05) is 39.0 Å². The Kier molecular flexibility index (Phi) is 4.00. The molecule has 0 aromatic rings. The van der Waals surface area contributed by atoms with Crippen LogP contribution in [0.25, 0.3) is 0 Å². The number of hydrogen-bond acceptors (Lipinski definition) is 3. The summed E-state index contributed by atoms with van der Waals surface area (Å²) in [6.07, 6.45) is 4.74. The SMILES string of the molecule is CC1(CNC2CCOCC2)CCOCC1. The van der Waals surface area contributed by atoms with E-state index in [4.69, 9.17) is 9.47 Å². The minimum absolute atomic E-state index is 0.455. The summed E-state index contributed by atoms with van der Waals surface area (Å²) < 4.78 is 10.8. The van der Waals surface area contributed by atoms with E-state index in [2.05, 4.69) is 12.2 Å². The lowest BCUT2D eigenvalue weighted by Gasteiger charge is -2.36. The lowest BCUT2D eigenvalue weighted by atomic mass is 9.82. The van der Waals surface area contributed by atoms with Gasteiger partial charge in [-0.15, -0.1) is 0 Å². The van der Waals surface area contributed by atoms with E-state index in [0.29, 0.717) is 11.5 Å². The van der Waals surface area contributed by atoms with Crippen molar-refractivity contribution in [3.63, 3.8) is 0 Å². The van der Waals surface area contributed by atoms with E-state index in [1.807, 2.05) is 0 Å². The molecule has 2 fully saturated rings. The smallest absolute Gasteiger partial charge is 0.0480 e. The van der Waals surface area contributed by atoms with E-state index >= 15 is 0 Å². The standard InChI is InChI=1S/C12H23NO2/c1-12(4-8-15-9-5-12)10-13-11-2-6-14-7-3-11/h11,13H,2-10H2,1H3. The van der Waals surface area contributed by atoms with E-state index in [1.165, 1.54) is 25.7 Å². The van der Waals surface area contributed by atoms with Crippen LogP contribution in [-0.2, 0) is 9.47 Å². The molecule has 2 heterocycles. The van der Waals surface area contributed by atoms with Crippen molar-refractivity contribution >= 4 is 0 Å². The zero-order chi connectivity index (χ0) is 10.6. The molecule has 88 valence electrons. The second-order valence-corrected chi connectivity index (χ2v) is 5.19. The molecular weight excluding hydrogens is 190 g/mol. The van der Waals surface area contributed by atoms with Gasteiger partial charge in [0.05, 0.1) is 0 Å². The highest BCUT2D eigenvalue weighted by Crippen LogP contribution is 2.29. The normalized spacial score (nSPS) is 27.8. The van der Waals surface area contributed by atoms with Gasteiger partial charge in [0.25, 0.3) is 0 Å². The first-order chi connectivity index (χ1) is 7.29. The van der Waals surface area contributed by atoms with Gasteiger partial charge in [-0.2, -0.15) is 0 Å². The number of rotatable bonds is 3. The van der Waals surface area contributed by atoms with Gasteiger partial charge in [-0.1, -0.05) is 6.92 Å². The highest BCUT2D eigenvalue weighted by atomic mass is 16.5. The largest absolute Gasteiger partial charge is 0.381 e. The Labute approximate surface area is 92.5 Å². The summed E-state index contributed by atoms with van der Waals surface area (Å²) in [5.41, 5.74) is 0.455.